The van der Waals surface area contributed by atoms with Gasteiger partial charge in [0.1, 0.15) is 6.04 Å². The Morgan fingerprint density at radius 2 is 1.88 bits per heavy atom. The summed E-state index contributed by atoms with van der Waals surface area (Å²) in [5.41, 5.74) is 0.446. The normalized spacial score (nSPS) is 43.2. The van der Waals surface area contributed by atoms with E-state index in [-0.39, 0.29) is 17.5 Å². The van der Waals surface area contributed by atoms with Crippen molar-refractivity contribution in [1.82, 2.24) is 15.5 Å². The highest BCUT2D eigenvalue weighted by Gasteiger charge is 2.57. The molecule has 1 saturated heterocycles. The molecule has 4 bridgehead atoms. The van der Waals surface area contributed by atoms with Gasteiger partial charge in [0, 0.05) is 17.6 Å². The molecule has 4 saturated carbocycles. The molecule has 3 unspecified atom stereocenters. The minimum Gasteiger partial charge on any atom is -0.326 e. The number of rotatable bonds is 5. The van der Waals surface area contributed by atoms with E-state index in [1.807, 2.05) is 0 Å². The largest absolute Gasteiger partial charge is 0.326 e. The fourth-order valence-corrected chi connectivity index (χ4v) is 6.62. The van der Waals surface area contributed by atoms with Gasteiger partial charge in [0.25, 0.3) is 0 Å². The van der Waals surface area contributed by atoms with Crippen LogP contribution >= 0.6 is 0 Å². The van der Waals surface area contributed by atoms with Crippen LogP contribution in [-0.4, -0.2) is 47.6 Å². The van der Waals surface area contributed by atoms with Gasteiger partial charge in [-0.3, -0.25) is 4.79 Å². The monoisotopic (exact) mass is 330 g/mol. The average molecular weight is 330 g/mol. The number of nitrogens with one attached hydrogen (secondary N) is 2. The van der Waals surface area contributed by atoms with Crippen LogP contribution in [0.5, 0.6) is 0 Å². The van der Waals surface area contributed by atoms with E-state index in [0.29, 0.717) is 12.1 Å². The van der Waals surface area contributed by atoms with Crippen LogP contribution in [0, 0.1) is 23.2 Å². The average Bonchev–Trinajstić information content (AvgIpc) is 3.00. The smallest absolute Gasteiger partial charge is 0.237 e. The molecule has 1 amide bonds. The van der Waals surface area contributed by atoms with Gasteiger partial charge in [0.15, 0.2) is 0 Å². The predicted molar refractivity (Wildman–Crippen MR) is 92.2 cm³/mol. The number of hydrogen-bond donors (Lipinski definition) is 2. The minimum atomic E-state index is -0.205. The van der Waals surface area contributed by atoms with Gasteiger partial charge in [-0.05, 0) is 69.7 Å². The number of amides is 1. The van der Waals surface area contributed by atoms with Crippen molar-refractivity contribution in [3.63, 3.8) is 0 Å². The Morgan fingerprint density at radius 1 is 1.21 bits per heavy atom. The van der Waals surface area contributed by atoms with Crippen molar-refractivity contribution in [2.24, 2.45) is 11.8 Å². The predicted octanol–water partition coefficient (Wildman–Crippen LogP) is 1.79. The number of likely N-dealkylation sites (tertiary alicyclic amines) is 1. The highest BCUT2D eigenvalue weighted by molar-refractivity contribution is 5.79. The summed E-state index contributed by atoms with van der Waals surface area (Å²) < 4.78 is 0. The fourth-order valence-electron chi connectivity index (χ4n) is 6.62. The summed E-state index contributed by atoms with van der Waals surface area (Å²) in [6, 6.07) is 2.07. The Hall–Kier alpha value is -1.12. The van der Waals surface area contributed by atoms with E-state index in [9.17, 15) is 10.1 Å². The molecule has 5 aliphatic rings. The van der Waals surface area contributed by atoms with E-state index in [0.717, 1.165) is 44.2 Å². The third-order valence-corrected chi connectivity index (χ3v) is 6.95. The van der Waals surface area contributed by atoms with Crippen LogP contribution in [0.15, 0.2) is 0 Å². The molecule has 5 heteroatoms. The second-order valence-corrected chi connectivity index (χ2v) is 8.78. The van der Waals surface area contributed by atoms with Crippen LogP contribution in [0.25, 0.3) is 0 Å². The summed E-state index contributed by atoms with van der Waals surface area (Å²) in [7, 11) is 0. The Bertz CT molecular complexity index is 540. The first-order valence-electron chi connectivity index (χ1n) is 9.76. The van der Waals surface area contributed by atoms with Crippen LogP contribution in [-0.2, 0) is 4.79 Å². The quantitative estimate of drug-likeness (QED) is 0.806. The van der Waals surface area contributed by atoms with E-state index in [1.54, 1.807) is 4.90 Å². The lowest BCUT2D eigenvalue weighted by molar-refractivity contribution is -0.131. The summed E-state index contributed by atoms with van der Waals surface area (Å²) in [6.07, 6.45) is 9.43. The molecular formula is C19H30N4O. The Balaban J connectivity index is 1.43. The zero-order valence-corrected chi connectivity index (χ0v) is 14.8. The van der Waals surface area contributed by atoms with Crippen molar-refractivity contribution in [2.75, 3.05) is 19.6 Å². The van der Waals surface area contributed by atoms with Crippen LogP contribution in [0.1, 0.15) is 58.3 Å². The third kappa shape index (κ3) is 2.74. The number of nitrogens with zero attached hydrogens (tertiary/aromatic N) is 2. The zero-order valence-electron chi connectivity index (χ0n) is 14.8. The van der Waals surface area contributed by atoms with Gasteiger partial charge in [0.2, 0.25) is 5.91 Å². The van der Waals surface area contributed by atoms with Crippen molar-refractivity contribution >= 4 is 5.91 Å². The van der Waals surface area contributed by atoms with Crippen molar-refractivity contribution < 1.29 is 4.79 Å². The Kier molecular flexibility index (Phi) is 4.09. The molecule has 0 aromatic heterocycles. The van der Waals surface area contributed by atoms with E-state index < -0.39 is 0 Å². The molecule has 0 radical (unpaired) electrons. The van der Waals surface area contributed by atoms with Gasteiger partial charge in [-0.25, -0.2) is 0 Å². The molecule has 5 fully saturated rings. The van der Waals surface area contributed by atoms with Crippen LogP contribution in [0.3, 0.4) is 0 Å². The number of carbonyl (C=O) groups excluding carboxylic acids is 1. The first-order valence-corrected chi connectivity index (χ1v) is 9.76. The molecule has 2 N–H and O–H groups in total. The van der Waals surface area contributed by atoms with Gasteiger partial charge in [-0.1, -0.05) is 6.92 Å². The molecule has 0 aromatic carbocycles. The first kappa shape index (κ1) is 16.4. The topological polar surface area (TPSA) is 68.2 Å². The summed E-state index contributed by atoms with van der Waals surface area (Å²) >= 11 is 0. The highest BCUT2D eigenvalue weighted by Crippen LogP contribution is 2.57. The van der Waals surface area contributed by atoms with E-state index in [4.69, 9.17) is 0 Å². The molecule has 132 valence electrons. The van der Waals surface area contributed by atoms with E-state index >= 15 is 0 Å². The van der Waals surface area contributed by atoms with Crippen molar-refractivity contribution in [3.8, 4) is 6.07 Å². The fraction of sp³-hybridized carbons (Fsp3) is 0.895. The minimum absolute atomic E-state index is 0.118. The molecule has 1 heterocycles. The van der Waals surface area contributed by atoms with Crippen LogP contribution in [0.4, 0.5) is 0 Å². The zero-order chi connectivity index (χ0) is 16.8. The maximum Gasteiger partial charge on any atom is 0.237 e. The standard InChI is InChI=1S/C19H30N4O/c1-2-21-18-7-14-6-15(8-18)10-19(9-14,13-18)22-12-17(24)23-5-3-4-16(23)11-20/h14-16,21-22H,2-10,12-13H2,1H3. The van der Waals surface area contributed by atoms with Gasteiger partial charge < -0.3 is 15.5 Å². The maximum absolute atomic E-state index is 12.6. The Morgan fingerprint density at radius 3 is 2.50 bits per heavy atom. The number of hydrogen-bond acceptors (Lipinski definition) is 4. The van der Waals surface area contributed by atoms with E-state index in [1.165, 1.54) is 32.1 Å². The molecule has 0 spiro atoms. The van der Waals surface area contributed by atoms with Crippen LogP contribution < -0.4 is 10.6 Å². The lowest BCUT2D eigenvalue weighted by Crippen LogP contribution is -2.69. The maximum atomic E-state index is 12.6. The Labute approximate surface area is 145 Å². The second-order valence-electron chi connectivity index (χ2n) is 8.78. The van der Waals surface area contributed by atoms with Gasteiger partial charge in [-0.15, -0.1) is 0 Å². The molecule has 24 heavy (non-hydrogen) atoms. The molecule has 4 aliphatic carbocycles. The molecule has 3 atom stereocenters. The van der Waals surface area contributed by atoms with Gasteiger partial charge in [-0.2, -0.15) is 5.26 Å². The van der Waals surface area contributed by atoms with Gasteiger partial charge in [0.05, 0.1) is 12.6 Å². The summed E-state index contributed by atoms with van der Waals surface area (Å²) in [4.78, 5) is 14.4. The van der Waals surface area contributed by atoms with Gasteiger partial charge >= 0.3 is 0 Å². The lowest BCUT2D eigenvalue weighted by atomic mass is 9.50. The summed E-state index contributed by atoms with van der Waals surface area (Å²) in [5.74, 6) is 1.74. The van der Waals surface area contributed by atoms with Crippen molar-refractivity contribution in [2.45, 2.75) is 75.4 Å². The SMILES string of the molecule is CCNC12CC3CC(C1)CC(NCC(=O)N1CCCC1C#N)(C3)C2. The molecule has 1 aliphatic heterocycles. The molecule has 5 nitrogen and oxygen atoms in total. The lowest BCUT2D eigenvalue weighted by Gasteiger charge is -2.62. The van der Waals surface area contributed by atoms with E-state index in [2.05, 4.69) is 23.6 Å². The summed E-state index contributed by atoms with van der Waals surface area (Å²) in [5, 5.41) is 16.7. The highest BCUT2D eigenvalue weighted by atomic mass is 16.2. The van der Waals surface area contributed by atoms with Crippen LogP contribution in [0.2, 0.25) is 0 Å². The number of nitriles is 1. The third-order valence-electron chi connectivity index (χ3n) is 6.95. The first-order chi connectivity index (χ1) is 11.6. The van der Waals surface area contributed by atoms with Crippen molar-refractivity contribution in [1.29, 1.82) is 5.26 Å². The second kappa shape index (κ2) is 6.00. The molecule has 0 aromatic rings. The summed E-state index contributed by atoms with van der Waals surface area (Å²) in [6.45, 7) is 4.39. The van der Waals surface area contributed by atoms with Crippen molar-refractivity contribution in [3.05, 3.63) is 0 Å². The molecular weight excluding hydrogens is 300 g/mol. The molecule has 5 rings (SSSR count). The number of carbonyl (C=O) groups is 1.